The molecule has 2 atom stereocenters. The van der Waals surface area contributed by atoms with Gasteiger partial charge >= 0.3 is 103 Å². The maximum atomic E-state index is 12.6. The number of benzene rings is 2. The number of nitrogens with two attached hydrogens (primary N) is 1. The van der Waals surface area contributed by atoms with Gasteiger partial charge in [-0.15, -0.1) is 0 Å². The number of anilines is 1. The van der Waals surface area contributed by atoms with Crippen LogP contribution in [0.15, 0.2) is 97.6 Å². The molecule has 2 fully saturated rings. The molecular formula is C50H64ClFK2N10O5. The van der Waals surface area contributed by atoms with Gasteiger partial charge in [-0.25, -0.2) is 9.97 Å². The van der Waals surface area contributed by atoms with Crippen LogP contribution in [0.25, 0.3) is 44.3 Å². The van der Waals surface area contributed by atoms with Gasteiger partial charge in [0.15, 0.2) is 0 Å². The molecule has 0 bridgehead atoms. The normalized spacial score (nSPS) is 15.1. The second-order valence-corrected chi connectivity index (χ2v) is 16.2. The minimum Gasteiger partial charge on any atom is -1.00 e. The molecule has 2 unspecified atom stereocenters. The maximum Gasteiger partial charge on any atom is 1.00 e. The van der Waals surface area contributed by atoms with Crippen molar-refractivity contribution in [2.24, 2.45) is 5.73 Å². The Morgan fingerprint density at radius 3 is 1.64 bits per heavy atom. The molecule has 4 aromatic heterocycles. The van der Waals surface area contributed by atoms with Gasteiger partial charge in [0.25, 0.3) is 18.3 Å². The number of nitrogens with zero attached hydrogens (tertiary/aromatic N) is 8. The van der Waals surface area contributed by atoms with Crippen LogP contribution in [0.4, 0.5) is 10.1 Å². The Bertz CT molecular complexity index is 2510. The van der Waals surface area contributed by atoms with Crippen molar-refractivity contribution in [3.8, 4) is 22.5 Å². The van der Waals surface area contributed by atoms with Crippen LogP contribution in [-0.4, -0.2) is 144 Å². The summed E-state index contributed by atoms with van der Waals surface area (Å²) in [5.41, 5.74) is 13.3. The molecule has 2 saturated heterocycles. The molecule has 8 rings (SSSR count). The number of rotatable bonds is 11. The fourth-order valence-electron chi connectivity index (χ4n) is 7.71. The molecule has 6 heterocycles. The van der Waals surface area contributed by atoms with Crippen molar-refractivity contribution in [2.75, 3.05) is 78.9 Å². The number of hydrogen-bond acceptors (Lipinski definition) is 13. The van der Waals surface area contributed by atoms with Crippen molar-refractivity contribution in [3.05, 3.63) is 114 Å². The summed E-state index contributed by atoms with van der Waals surface area (Å²) >= 11 is 6.33. The van der Waals surface area contributed by atoms with Gasteiger partial charge in [-0.3, -0.25) is 28.7 Å². The molecule has 0 aliphatic carbocycles. The average Bonchev–Trinajstić information content (AvgIpc) is 3.97. The van der Waals surface area contributed by atoms with E-state index >= 15 is 0 Å². The third-order valence-corrected chi connectivity index (χ3v) is 11.7. The van der Waals surface area contributed by atoms with Crippen molar-refractivity contribution in [1.82, 2.24) is 39.5 Å². The zero-order chi connectivity index (χ0) is 49.6. The van der Waals surface area contributed by atoms with E-state index in [4.69, 9.17) is 33.7 Å². The Labute approximate surface area is 498 Å². The first-order valence-electron chi connectivity index (χ1n) is 23.0. The van der Waals surface area contributed by atoms with Crippen molar-refractivity contribution < 1.29 is 134 Å². The van der Waals surface area contributed by atoms with E-state index < -0.39 is 7.15 Å². The predicted molar refractivity (Wildman–Crippen MR) is 264 cm³/mol. The number of hydrogen-bond donors (Lipinski definition) is 2. The molecule has 69 heavy (non-hydrogen) atoms. The molecule has 2 aliphatic heterocycles. The van der Waals surface area contributed by atoms with Crippen LogP contribution >= 0.6 is 11.6 Å². The van der Waals surface area contributed by atoms with E-state index in [0.717, 1.165) is 76.1 Å². The summed E-state index contributed by atoms with van der Waals surface area (Å²) in [6, 6.07) is 23.8. The number of likely N-dealkylation sites (tertiary alicyclic amines) is 2. The fraction of sp³-hybridized carbons (Fsp3) is 0.380. The minimum atomic E-state index is -1.00. The number of carbonyl (C=O) groups is 3. The molecule has 2 aliphatic rings. The van der Waals surface area contributed by atoms with Crippen molar-refractivity contribution in [2.45, 2.75) is 52.6 Å². The molecule has 0 saturated carbocycles. The standard InChI is InChI=1S/C24H29N5O.C19H18ClN3O.C5H12N2.CH3F.CH2O3.2K.H/c1-4-29(5-2)24(30)18-8-6-17(7-9-18)22-14-23(26-19-11-13-28(3)16-19)20-15-25-12-10-21(20)27-22;1-3-23(4-2)19(24)14-7-5-13(6-8-14)18-11-16(20)15-12-21-10-9-17(15)22-18;1-7-3-2-5(6)4-7;1-2;2-1-4-3;;;/h6-10,12,14-15,19H,4-5,11,13,16H2,1-3H3,(H,26,27);5-12H,3-4H2,1-2H3;5H,2-4,6H2,1H3;1H3;1,3H;;;/q;;;;;2*+1;-1/p-1/i;;;1D;;;;. The van der Waals surface area contributed by atoms with Crippen molar-refractivity contribution in [3.63, 3.8) is 0 Å². The van der Waals surface area contributed by atoms with E-state index in [2.05, 4.69) is 55.1 Å². The Balaban J connectivity index is 0.000000547. The number of pyridine rings is 4. The van der Waals surface area contributed by atoms with Gasteiger partial charge in [-0.2, -0.15) is 0 Å². The molecule has 0 radical (unpaired) electrons. The first-order chi connectivity index (χ1) is 32.8. The Hall–Kier alpha value is -2.90. The summed E-state index contributed by atoms with van der Waals surface area (Å²) in [5.74, 6) is 0.110. The predicted octanol–water partition coefficient (Wildman–Crippen LogP) is 1.12. The van der Waals surface area contributed by atoms with E-state index in [1.807, 2.05) is 106 Å². The summed E-state index contributed by atoms with van der Waals surface area (Å²) in [6.45, 7) is 15.0. The topological polar surface area (TPSA) is 186 Å². The van der Waals surface area contributed by atoms with Crippen molar-refractivity contribution >= 4 is 57.4 Å². The number of halogens is 2. The SMILES string of the molecule is CCN(CC)C(=O)c1ccc(-c2cc(Cl)c3cnccc3n2)cc1.CCN(CC)C(=O)c1ccc(-c2cc(NC3CCN(C)C3)c3cnccc3n2)cc1.CN1CCC(N)C1.O=CO[O-].[2H]CF.[H-].[K+].[K+]. The average molecular weight is 1020 g/mol. The molecule has 19 heteroatoms. The Morgan fingerprint density at radius 1 is 0.812 bits per heavy atom. The Morgan fingerprint density at radius 2 is 1.25 bits per heavy atom. The molecule has 2 aromatic carbocycles. The van der Waals surface area contributed by atoms with Crippen molar-refractivity contribution in [1.29, 1.82) is 0 Å². The van der Waals surface area contributed by atoms with Gasteiger partial charge in [0.1, 0.15) is 0 Å². The van der Waals surface area contributed by atoms with E-state index in [9.17, 15) is 14.0 Å². The summed E-state index contributed by atoms with van der Waals surface area (Å²) < 4.78 is 15.5. The van der Waals surface area contributed by atoms with Crippen LogP contribution in [0.2, 0.25) is 5.02 Å². The van der Waals surface area contributed by atoms with Gasteiger partial charge in [-0.1, -0.05) is 35.9 Å². The van der Waals surface area contributed by atoms with Crippen LogP contribution < -0.4 is 119 Å². The number of aromatic nitrogens is 4. The van der Waals surface area contributed by atoms with Crippen LogP contribution in [0.3, 0.4) is 0 Å². The zero-order valence-corrected chi connectivity index (χ0v) is 48.2. The largest absolute Gasteiger partial charge is 1.00 e. The molecule has 6 aromatic rings. The second-order valence-electron chi connectivity index (χ2n) is 15.8. The third-order valence-electron chi connectivity index (χ3n) is 11.3. The van der Waals surface area contributed by atoms with Gasteiger partial charge in [0.2, 0.25) is 0 Å². The van der Waals surface area contributed by atoms with Crippen LogP contribution in [0.1, 0.15) is 64.0 Å². The van der Waals surface area contributed by atoms with Gasteiger partial charge in [0, 0.05) is 115 Å². The first-order valence-corrected chi connectivity index (χ1v) is 22.6. The number of likely N-dealkylation sites (N-methyl/N-ethyl adjacent to an activating group) is 2. The molecule has 2 amide bonds. The summed E-state index contributed by atoms with van der Waals surface area (Å²) in [4.78, 5) is 62.3. The second kappa shape index (κ2) is 33.0. The van der Waals surface area contributed by atoms with Gasteiger partial charge < -0.3 is 42.2 Å². The van der Waals surface area contributed by atoms with E-state index in [-0.39, 0.29) is 122 Å². The summed E-state index contributed by atoms with van der Waals surface area (Å²) in [5, 5.41) is 14.6. The first kappa shape index (κ1) is 60.4. The van der Waals surface area contributed by atoms with Gasteiger partial charge in [-0.05, 0) is 116 Å². The van der Waals surface area contributed by atoms with Gasteiger partial charge in [0.05, 0.1) is 36.0 Å². The maximum absolute atomic E-state index is 12.6. The fourth-order valence-corrected chi connectivity index (χ4v) is 7.96. The number of alkyl halides is 1. The number of amides is 2. The number of nitrogens with one attached hydrogen (secondary N) is 1. The minimum absolute atomic E-state index is 0. The van der Waals surface area contributed by atoms with E-state index in [1.165, 1.54) is 13.0 Å². The Kier molecular flexibility index (Phi) is 28.8. The number of fused-ring (bicyclic) bond motifs is 2. The molecule has 15 nitrogen and oxygen atoms in total. The van der Waals surface area contributed by atoms with Crippen LogP contribution in [0, 0.1) is 0 Å². The smallest absolute Gasteiger partial charge is 1.00 e. The van der Waals surface area contributed by atoms with Crippen LogP contribution in [-0.2, 0) is 9.68 Å². The molecule has 0 spiro atoms. The zero-order valence-electron chi connectivity index (χ0n) is 43.2. The summed E-state index contributed by atoms with van der Waals surface area (Å²) in [7, 11) is 3.26. The van der Waals surface area contributed by atoms with E-state index in [1.54, 1.807) is 23.5 Å². The third kappa shape index (κ3) is 18.6. The number of carbonyl (C=O) groups excluding carboxylic acids is 3. The van der Waals surface area contributed by atoms with E-state index in [0.29, 0.717) is 54.4 Å². The summed E-state index contributed by atoms with van der Waals surface area (Å²) in [6.07, 6.45) is 9.35. The molecular weight excluding hydrogens is 953 g/mol. The monoisotopic (exact) mass is 1020 g/mol. The quantitative estimate of drug-likeness (QED) is 0.0816. The van der Waals surface area contributed by atoms with Crippen LogP contribution in [0.5, 0.6) is 0 Å². The molecule has 360 valence electrons. The molecule has 3 N–H and O–H groups in total.